The van der Waals surface area contributed by atoms with Gasteiger partial charge in [0.2, 0.25) is 0 Å². The van der Waals surface area contributed by atoms with E-state index in [1.54, 1.807) is 20.1 Å². The predicted octanol–water partition coefficient (Wildman–Crippen LogP) is 2.99. The maximum absolute atomic E-state index is 13.3. The fourth-order valence-corrected chi connectivity index (χ4v) is 2.57. The summed E-state index contributed by atoms with van der Waals surface area (Å²) in [5.41, 5.74) is 1.47. The van der Waals surface area contributed by atoms with Gasteiger partial charge in [-0.05, 0) is 32.0 Å². The Balaban J connectivity index is 2.77. The Morgan fingerprint density at radius 1 is 1.53 bits per heavy atom. The van der Waals surface area contributed by atoms with Gasteiger partial charge in [-0.2, -0.15) is 0 Å². The number of carboxylic acid groups (broad SMARTS) is 1. The van der Waals surface area contributed by atoms with Crippen molar-refractivity contribution in [2.45, 2.75) is 19.9 Å². The fraction of sp³-hybridized carbons (Fsp3) is 0.357. The molecule has 0 saturated heterocycles. The van der Waals surface area contributed by atoms with E-state index in [0.717, 1.165) is 0 Å². The minimum Gasteiger partial charge on any atom is -0.478 e. The summed E-state index contributed by atoms with van der Waals surface area (Å²) in [6, 6.07) is 4.19. The molecule has 19 heavy (non-hydrogen) atoms. The van der Waals surface area contributed by atoms with Crippen LogP contribution in [0.1, 0.15) is 29.0 Å². The molecular weight excluding hydrogens is 249 g/mol. The lowest BCUT2D eigenvalue weighted by molar-refractivity contribution is 0.0697. The van der Waals surface area contributed by atoms with Crippen molar-refractivity contribution in [2.75, 3.05) is 13.7 Å². The van der Waals surface area contributed by atoms with Crippen LogP contribution in [0.25, 0.3) is 10.9 Å². The van der Waals surface area contributed by atoms with Gasteiger partial charge in [-0.15, -0.1) is 0 Å². The Morgan fingerprint density at radius 2 is 2.21 bits per heavy atom. The Hall–Kier alpha value is -1.88. The SMILES string of the molecule is COCC(C)n1c(C)c(C(=O)O)c2cc(F)ccc21. The molecule has 1 N–H and O–H groups in total. The second kappa shape index (κ2) is 5.01. The zero-order valence-corrected chi connectivity index (χ0v) is 11.1. The minimum atomic E-state index is -1.04. The van der Waals surface area contributed by atoms with Crippen molar-refractivity contribution in [2.24, 2.45) is 0 Å². The summed E-state index contributed by atoms with van der Waals surface area (Å²) in [4.78, 5) is 11.4. The number of fused-ring (bicyclic) bond motifs is 1. The number of benzene rings is 1. The number of carbonyl (C=O) groups is 1. The van der Waals surface area contributed by atoms with Gasteiger partial charge in [0.1, 0.15) is 5.82 Å². The molecule has 1 aromatic heterocycles. The lowest BCUT2D eigenvalue weighted by Crippen LogP contribution is -2.13. The van der Waals surface area contributed by atoms with Gasteiger partial charge in [0.25, 0.3) is 0 Å². The highest BCUT2D eigenvalue weighted by atomic mass is 19.1. The van der Waals surface area contributed by atoms with E-state index in [1.807, 2.05) is 11.5 Å². The predicted molar refractivity (Wildman–Crippen MR) is 70.2 cm³/mol. The van der Waals surface area contributed by atoms with Crippen molar-refractivity contribution in [3.05, 3.63) is 35.3 Å². The molecule has 1 aromatic carbocycles. The first kappa shape index (κ1) is 13.5. The third kappa shape index (κ3) is 2.21. The molecule has 0 amide bonds. The second-order valence-corrected chi connectivity index (χ2v) is 4.60. The van der Waals surface area contributed by atoms with Crippen LogP contribution >= 0.6 is 0 Å². The number of hydrogen-bond donors (Lipinski definition) is 1. The van der Waals surface area contributed by atoms with Crippen LogP contribution in [0.4, 0.5) is 4.39 Å². The molecule has 0 radical (unpaired) electrons. The quantitative estimate of drug-likeness (QED) is 0.924. The topological polar surface area (TPSA) is 51.5 Å². The summed E-state index contributed by atoms with van der Waals surface area (Å²) >= 11 is 0. The van der Waals surface area contributed by atoms with E-state index in [4.69, 9.17) is 4.74 Å². The zero-order valence-electron chi connectivity index (χ0n) is 11.1. The van der Waals surface area contributed by atoms with Crippen molar-refractivity contribution in [1.29, 1.82) is 0 Å². The summed E-state index contributed by atoms with van der Waals surface area (Å²) in [6.45, 7) is 4.12. The summed E-state index contributed by atoms with van der Waals surface area (Å²) in [5.74, 6) is -1.48. The largest absolute Gasteiger partial charge is 0.478 e. The van der Waals surface area contributed by atoms with Gasteiger partial charge >= 0.3 is 5.97 Å². The molecule has 1 atom stereocenters. The van der Waals surface area contributed by atoms with Crippen LogP contribution in [0.15, 0.2) is 18.2 Å². The zero-order chi connectivity index (χ0) is 14.2. The minimum absolute atomic E-state index is 0.0222. The summed E-state index contributed by atoms with van der Waals surface area (Å²) in [5, 5.41) is 9.74. The average Bonchev–Trinajstić information content (AvgIpc) is 2.60. The monoisotopic (exact) mass is 265 g/mol. The first-order chi connectivity index (χ1) is 8.97. The third-order valence-electron chi connectivity index (χ3n) is 3.27. The first-order valence-corrected chi connectivity index (χ1v) is 5.99. The van der Waals surface area contributed by atoms with E-state index in [-0.39, 0.29) is 11.6 Å². The number of aromatic carboxylic acids is 1. The first-order valence-electron chi connectivity index (χ1n) is 5.99. The molecule has 0 fully saturated rings. The normalized spacial score (nSPS) is 12.8. The molecule has 4 nitrogen and oxygen atoms in total. The van der Waals surface area contributed by atoms with Crippen molar-refractivity contribution < 1.29 is 19.0 Å². The van der Waals surface area contributed by atoms with Crippen LogP contribution in [-0.2, 0) is 4.74 Å². The van der Waals surface area contributed by atoms with Crippen molar-refractivity contribution in [3.8, 4) is 0 Å². The molecule has 1 unspecified atom stereocenters. The lowest BCUT2D eigenvalue weighted by Gasteiger charge is -2.16. The molecule has 5 heteroatoms. The molecule has 0 spiro atoms. The summed E-state index contributed by atoms with van der Waals surface area (Å²) in [7, 11) is 1.59. The van der Waals surface area contributed by atoms with Crippen LogP contribution in [0.2, 0.25) is 0 Å². The fourth-order valence-electron chi connectivity index (χ4n) is 2.57. The molecule has 2 aromatic rings. The highest BCUT2D eigenvalue weighted by Crippen LogP contribution is 2.29. The van der Waals surface area contributed by atoms with Crippen LogP contribution in [0.3, 0.4) is 0 Å². The van der Waals surface area contributed by atoms with Gasteiger partial charge in [0, 0.05) is 23.7 Å². The summed E-state index contributed by atoms with van der Waals surface area (Å²) < 4.78 is 20.3. The van der Waals surface area contributed by atoms with E-state index in [2.05, 4.69) is 0 Å². The lowest BCUT2D eigenvalue weighted by atomic mass is 10.1. The number of halogens is 1. The van der Waals surface area contributed by atoms with Gasteiger partial charge in [-0.3, -0.25) is 0 Å². The standard InChI is InChI=1S/C14H16FNO3/c1-8(7-19-3)16-9(2)13(14(17)18)11-6-10(15)4-5-12(11)16/h4-6,8H,7H2,1-3H3,(H,17,18). The van der Waals surface area contributed by atoms with Crippen LogP contribution in [0, 0.1) is 12.7 Å². The molecule has 0 bridgehead atoms. The third-order valence-corrected chi connectivity index (χ3v) is 3.27. The average molecular weight is 265 g/mol. The number of ether oxygens (including phenoxy) is 1. The molecule has 0 aliphatic carbocycles. The maximum Gasteiger partial charge on any atom is 0.338 e. The smallest absolute Gasteiger partial charge is 0.338 e. The highest BCUT2D eigenvalue weighted by Gasteiger charge is 2.22. The van der Waals surface area contributed by atoms with E-state index in [9.17, 15) is 14.3 Å². The molecule has 0 saturated carbocycles. The number of methoxy groups -OCH3 is 1. The van der Waals surface area contributed by atoms with Crippen LogP contribution in [-0.4, -0.2) is 29.4 Å². The number of rotatable bonds is 4. The van der Waals surface area contributed by atoms with Crippen molar-refractivity contribution in [3.63, 3.8) is 0 Å². The van der Waals surface area contributed by atoms with E-state index in [1.165, 1.54) is 12.1 Å². The molecule has 0 aliphatic rings. The Kier molecular flexibility index (Phi) is 3.57. The Morgan fingerprint density at radius 3 is 2.79 bits per heavy atom. The molecule has 1 heterocycles. The van der Waals surface area contributed by atoms with E-state index < -0.39 is 11.8 Å². The van der Waals surface area contributed by atoms with E-state index >= 15 is 0 Å². The Bertz CT molecular complexity index is 633. The molecule has 0 aliphatic heterocycles. The van der Waals surface area contributed by atoms with Crippen molar-refractivity contribution >= 4 is 16.9 Å². The summed E-state index contributed by atoms with van der Waals surface area (Å²) in [6.07, 6.45) is 0. The number of nitrogens with zero attached hydrogens (tertiary/aromatic N) is 1. The highest BCUT2D eigenvalue weighted by molar-refractivity contribution is 6.05. The molecule has 102 valence electrons. The van der Waals surface area contributed by atoms with Gasteiger partial charge in [-0.1, -0.05) is 0 Å². The molecular formula is C14H16FNO3. The van der Waals surface area contributed by atoms with Gasteiger partial charge in [-0.25, -0.2) is 9.18 Å². The molecule has 2 rings (SSSR count). The van der Waals surface area contributed by atoms with Crippen LogP contribution in [0.5, 0.6) is 0 Å². The Labute approximate surface area is 110 Å². The van der Waals surface area contributed by atoms with Gasteiger partial charge in [0.05, 0.1) is 18.2 Å². The van der Waals surface area contributed by atoms with Crippen molar-refractivity contribution in [1.82, 2.24) is 4.57 Å². The van der Waals surface area contributed by atoms with E-state index in [0.29, 0.717) is 23.2 Å². The van der Waals surface area contributed by atoms with Gasteiger partial charge in [0.15, 0.2) is 0 Å². The van der Waals surface area contributed by atoms with Gasteiger partial charge < -0.3 is 14.4 Å². The second-order valence-electron chi connectivity index (χ2n) is 4.60. The van der Waals surface area contributed by atoms with Crippen LogP contribution < -0.4 is 0 Å². The number of carboxylic acids is 1. The maximum atomic E-state index is 13.3. The number of hydrogen-bond acceptors (Lipinski definition) is 2. The number of aromatic nitrogens is 1.